The smallest absolute Gasteiger partial charge is 0.340 e. The molecule has 0 bridgehead atoms. The number of carbonyl (C=O) groups is 2. The van der Waals surface area contributed by atoms with Crippen molar-refractivity contribution in [3.8, 4) is 0 Å². The largest absolute Gasteiger partial charge is 0.479 e. The van der Waals surface area contributed by atoms with Crippen LogP contribution in [0, 0.1) is 0 Å². The average Bonchev–Trinajstić information content (AvgIpc) is 2.55. The number of hydrogen-bond acceptors (Lipinski definition) is 4. The van der Waals surface area contributed by atoms with E-state index in [1.165, 1.54) is 13.8 Å². The van der Waals surface area contributed by atoms with Crippen LogP contribution in [0.2, 0.25) is 0 Å². The van der Waals surface area contributed by atoms with Crippen LogP contribution in [-0.2, 0) is 20.8 Å². The highest BCUT2D eigenvalue weighted by Gasteiger charge is 2.34. The Hall–Kier alpha value is -1.74. The summed E-state index contributed by atoms with van der Waals surface area (Å²) < 4.78 is 1.17. The van der Waals surface area contributed by atoms with E-state index in [1.807, 2.05) is 0 Å². The van der Waals surface area contributed by atoms with E-state index < -0.39 is 23.1 Å². The quantitative estimate of drug-likeness (QED) is 0.522. The highest BCUT2D eigenvalue weighted by atomic mass is 79.9. The van der Waals surface area contributed by atoms with E-state index in [0.29, 0.717) is 20.1 Å². The van der Waals surface area contributed by atoms with Gasteiger partial charge in [-0.3, -0.25) is 0 Å². The maximum Gasteiger partial charge on any atom is 0.340 e. The van der Waals surface area contributed by atoms with Crippen LogP contribution >= 0.6 is 31.9 Å². The maximum atomic E-state index is 10.7. The summed E-state index contributed by atoms with van der Waals surface area (Å²) >= 11 is 6.35. The number of hydrogen-bond donors (Lipinski definition) is 4. The zero-order chi connectivity index (χ0) is 20.1. The summed E-state index contributed by atoms with van der Waals surface area (Å²) in [6, 6.07) is 13.4. The Kier molecular flexibility index (Phi) is 7.52. The lowest BCUT2D eigenvalue weighted by Crippen LogP contribution is -2.32. The van der Waals surface area contributed by atoms with Gasteiger partial charge in [-0.15, -0.1) is 0 Å². The van der Waals surface area contributed by atoms with Crippen molar-refractivity contribution in [1.29, 1.82) is 0 Å². The van der Waals surface area contributed by atoms with E-state index in [9.17, 15) is 19.8 Å². The predicted molar refractivity (Wildman–Crippen MR) is 103 cm³/mol. The highest BCUT2D eigenvalue weighted by molar-refractivity contribution is 9.10. The number of carboxylic acids is 2. The van der Waals surface area contributed by atoms with Crippen LogP contribution in [0.4, 0.5) is 0 Å². The van der Waals surface area contributed by atoms with Gasteiger partial charge in [-0.2, -0.15) is 0 Å². The normalized spacial score (nSPS) is 15.0. The zero-order valence-electron chi connectivity index (χ0n) is 14.0. The monoisotopic (exact) mass is 488 g/mol. The molecular formula is C18H18Br2O6. The Bertz CT molecular complexity index is 734. The van der Waals surface area contributed by atoms with Crippen molar-refractivity contribution in [2.45, 2.75) is 25.0 Å². The standard InChI is InChI=1S/2C9H9BrO3/c2*1-9(13,8(11)12)6-4-2-3-5-7(6)10/h2*2-5,13H,1H3,(H,11,12)/t2*9-/m10/s1. The third-order valence-corrected chi connectivity index (χ3v) is 5.01. The molecule has 140 valence electrons. The average molecular weight is 490 g/mol. The Labute approximate surface area is 167 Å². The predicted octanol–water partition coefficient (Wildman–Crippen LogP) is 3.48. The van der Waals surface area contributed by atoms with Gasteiger partial charge in [-0.1, -0.05) is 68.3 Å². The van der Waals surface area contributed by atoms with Crippen molar-refractivity contribution in [2.24, 2.45) is 0 Å². The molecule has 2 atom stereocenters. The first kappa shape index (κ1) is 22.3. The molecule has 0 radical (unpaired) electrons. The second-order valence-corrected chi connectivity index (χ2v) is 7.42. The molecule has 6 nitrogen and oxygen atoms in total. The van der Waals surface area contributed by atoms with Crippen molar-refractivity contribution in [2.75, 3.05) is 0 Å². The third kappa shape index (κ3) is 5.14. The van der Waals surface area contributed by atoms with Gasteiger partial charge in [-0.25, -0.2) is 9.59 Å². The van der Waals surface area contributed by atoms with Crippen LogP contribution in [0.1, 0.15) is 25.0 Å². The lowest BCUT2D eigenvalue weighted by molar-refractivity contribution is -0.158. The summed E-state index contributed by atoms with van der Waals surface area (Å²) in [7, 11) is 0. The molecule has 26 heavy (non-hydrogen) atoms. The maximum absolute atomic E-state index is 10.7. The molecule has 0 aliphatic heterocycles. The SMILES string of the molecule is C[C@@](O)(C(=O)O)c1ccccc1Br.C[C@](O)(C(=O)O)c1ccccc1Br. The second kappa shape index (κ2) is 8.77. The van der Waals surface area contributed by atoms with Gasteiger partial charge in [0, 0.05) is 20.1 Å². The first-order valence-corrected chi connectivity index (χ1v) is 8.92. The van der Waals surface area contributed by atoms with E-state index in [-0.39, 0.29) is 0 Å². The number of aliphatic hydroxyl groups is 2. The van der Waals surface area contributed by atoms with Crippen molar-refractivity contribution in [1.82, 2.24) is 0 Å². The Balaban J connectivity index is 0.000000260. The minimum absolute atomic E-state index is 0.350. The molecule has 0 fully saturated rings. The fourth-order valence-electron chi connectivity index (χ4n) is 1.94. The molecule has 2 aromatic carbocycles. The molecule has 0 amide bonds. The van der Waals surface area contributed by atoms with Gasteiger partial charge >= 0.3 is 11.9 Å². The summed E-state index contributed by atoms with van der Waals surface area (Å²) in [4.78, 5) is 21.4. The van der Waals surface area contributed by atoms with Crippen molar-refractivity contribution in [3.05, 3.63) is 68.6 Å². The fraction of sp³-hybridized carbons (Fsp3) is 0.222. The summed E-state index contributed by atoms with van der Waals surface area (Å²) in [5.74, 6) is -2.53. The molecule has 0 aliphatic carbocycles. The van der Waals surface area contributed by atoms with Crippen LogP contribution in [0.5, 0.6) is 0 Å². The van der Waals surface area contributed by atoms with Crippen LogP contribution in [0.3, 0.4) is 0 Å². The lowest BCUT2D eigenvalue weighted by atomic mass is 9.96. The highest BCUT2D eigenvalue weighted by Crippen LogP contribution is 2.28. The van der Waals surface area contributed by atoms with Gasteiger partial charge in [0.25, 0.3) is 0 Å². The molecule has 0 heterocycles. The van der Waals surface area contributed by atoms with E-state index in [4.69, 9.17) is 10.2 Å². The first-order valence-electron chi connectivity index (χ1n) is 7.34. The van der Waals surface area contributed by atoms with Crippen LogP contribution < -0.4 is 0 Å². The lowest BCUT2D eigenvalue weighted by Gasteiger charge is -2.19. The summed E-state index contributed by atoms with van der Waals surface area (Å²) in [5.41, 5.74) is -3.00. The first-order chi connectivity index (χ1) is 11.9. The van der Waals surface area contributed by atoms with Gasteiger partial charge in [0.2, 0.25) is 0 Å². The van der Waals surface area contributed by atoms with Crippen molar-refractivity contribution < 1.29 is 30.0 Å². The topological polar surface area (TPSA) is 115 Å². The minimum atomic E-state index is -1.85. The zero-order valence-corrected chi connectivity index (χ0v) is 17.2. The number of rotatable bonds is 4. The molecule has 0 unspecified atom stereocenters. The summed E-state index contributed by atoms with van der Waals surface area (Å²) in [6.45, 7) is 2.49. The second-order valence-electron chi connectivity index (χ2n) is 5.71. The molecule has 0 aromatic heterocycles. The molecule has 0 saturated carbocycles. The number of aliphatic carboxylic acids is 2. The molecule has 2 aromatic rings. The Morgan fingerprint density at radius 3 is 1.23 bits per heavy atom. The molecule has 0 aliphatic rings. The fourth-order valence-corrected chi connectivity index (χ4v) is 3.28. The number of carboxylic acid groups (broad SMARTS) is 2. The van der Waals surface area contributed by atoms with Gasteiger partial charge in [0.15, 0.2) is 11.2 Å². The van der Waals surface area contributed by atoms with Crippen LogP contribution in [0.15, 0.2) is 57.5 Å². The van der Waals surface area contributed by atoms with Crippen LogP contribution in [0.25, 0.3) is 0 Å². The van der Waals surface area contributed by atoms with Gasteiger partial charge in [0.1, 0.15) is 0 Å². The van der Waals surface area contributed by atoms with Gasteiger partial charge in [0.05, 0.1) is 0 Å². The summed E-state index contributed by atoms with van der Waals surface area (Å²) in [5, 5.41) is 36.7. The molecular weight excluding hydrogens is 472 g/mol. The molecule has 2 rings (SSSR count). The molecule has 4 N–H and O–H groups in total. The van der Waals surface area contributed by atoms with Crippen molar-refractivity contribution in [3.63, 3.8) is 0 Å². The van der Waals surface area contributed by atoms with Gasteiger partial charge in [-0.05, 0) is 26.0 Å². The van der Waals surface area contributed by atoms with E-state index in [1.54, 1.807) is 48.5 Å². The summed E-state index contributed by atoms with van der Waals surface area (Å²) in [6.07, 6.45) is 0. The van der Waals surface area contributed by atoms with E-state index >= 15 is 0 Å². The van der Waals surface area contributed by atoms with E-state index in [2.05, 4.69) is 31.9 Å². The van der Waals surface area contributed by atoms with Gasteiger partial charge < -0.3 is 20.4 Å². The van der Waals surface area contributed by atoms with Crippen LogP contribution in [-0.4, -0.2) is 32.4 Å². The Morgan fingerprint density at radius 1 is 0.731 bits per heavy atom. The van der Waals surface area contributed by atoms with Crippen molar-refractivity contribution >= 4 is 43.8 Å². The molecule has 0 saturated heterocycles. The van der Waals surface area contributed by atoms with E-state index in [0.717, 1.165) is 0 Å². The number of halogens is 2. The molecule has 8 heteroatoms. The number of benzene rings is 2. The molecule has 0 spiro atoms. The minimum Gasteiger partial charge on any atom is -0.479 e. The Morgan fingerprint density at radius 2 is 1.00 bits per heavy atom. The third-order valence-electron chi connectivity index (χ3n) is 3.63.